The average molecular weight is 504 g/mol. The summed E-state index contributed by atoms with van der Waals surface area (Å²) in [6, 6.07) is 18.6. The third-order valence-corrected chi connectivity index (χ3v) is 5.05. The van der Waals surface area contributed by atoms with E-state index in [0.717, 1.165) is 12.0 Å². The van der Waals surface area contributed by atoms with Crippen LogP contribution in [0.3, 0.4) is 0 Å². The zero-order valence-corrected chi connectivity index (χ0v) is 20.9. The first-order valence-electron chi connectivity index (χ1n) is 11.7. The number of nitrogens with zero attached hydrogens (tertiary/aromatic N) is 1. The van der Waals surface area contributed by atoms with Crippen molar-refractivity contribution >= 4 is 24.0 Å². The molecule has 0 aliphatic carbocycles. The van der Waals surface area contributed by atoms with Crippen LogP contribution in [0.4, 0.5) is 0 Å². The molecule has 3 aromatic carbocycles. The summed E-state index contributed by atoms with van der Waals surface area (Å²) in [5.74, 6) is -0.141. The minimum atomic E-state index is -0.540. The van der Waals surface area contributed by atoms with Crippen molar-refractivity contribution in [1.82, 2.24) is 10.7 Å². The third kappa shape index (κ3) is 8.21. The summed E-state index contributed by atoms with van der Waals surface area (Å²) in [6.45, 7) is 4.27. The van der Waals surface area contributed by atoms with Gasteiger partial charge in [0.1, 0.15) is 5.75 Å². The number of hydrazone groups is 1. The minimum Gasteiger partial charge on any atom is -0.494 e. The van der Waals surface area contributed by atoms with E-state index in [1.807, 2.05) is 19.9 Å². The van der Waals surface area contributed by atoms with Crippen molar-refractivity contribution in [2.24, 2.45) is 5.10 Å². The van der Waals surface area contributed by atoms with Gasteiger partial charge >= 0.3 is 5.97 Å². The van der Waals surface area contributed by atoms with E-state index in [1.165, 1.54) is 13.3 Å². The summed E-state index contributed by atoms with van der Waals surface area (Å²) in [7, 11) is 1.45. The minimum absolute atomic E-state index is 0.228. The molecule has 3 rings (SSSR count). The quantitative estimate of drug-likeness (QED) is 0.178. The molecule has 0 aromatic heterocycles. The lowest BCUT2D eigenvalue weighted by molar-refractivity contribution is -0.120. The Kier molecular flexibility index (Phi) is 9.78. The maximum absolute atomic E-state index is 12.5. The lowest BCUT2D eigenvalue weighted by Crippen LogP contribution is -2.34. The first-order valence-corrected chi connectivity index (χ1v) is 11.7. The molecule has 0 saturated heterocycles. The molecule has 0 fully saturated rings. The second-order valence-electron chi connectivity index (χ2n) is 8.02. The number of nitrogens with one attached hydrogen (secondary N) is 2. The van der Waals surface area contributed by atoms with Gasteiger partial charge < -0.3 is 19.5 Å². The fourth-order valence-corrected chi connectivity index (χ4v) is 3.18. The Labute approximate surface area is 215 Å². The summed E-state index contributed by atoms with van der Waals surface area (Å²) in [5.41, 5.74) is 4.74. The smallest absolute Gasteiger partial charge is 0.343 e. The van der Waals surface area contributed by atoms with Gasteiger partial charge in [-0.2, -0.15) is 5.10 Å². The van der Waals surface area contributed by atoms with Crippen LogP contribution in [0.25, 0.3) is 0 Å². The number of benzene rings is 3. The van der Waals surface area contributed by atoms with Crippen LogP contribution < -0.4 is 25.0 Å². The number of ether oxygens (including phenoxy) is 3. The molecule has 192 valence electrons. The van der Waals surface area contributed by atoms with Crippen molar-refractivity contribution in [2.45, 2.75) is 20.3 Å². The molecular weight excluding hydrogens is 474 g/mol. The Balaban J connectivity index is 1.53. The summed E-state index contributed by atoms with van der Waals surface area (Å²) >= 11 is 0. The number of aryl methyl sites for hydroxylation is 1. The summed E-state index contributed by atoms with van der Waals surface area (Å²) in [6.07, 6.45) is 2.30. The molecule has 0 spiro atoms. The van der Waals surface area contributed by atoms with Crippen molar-refractivity contribution in [3.8, 4) is 17.2 Å². The van der Waals surface area contributed by atoms with E-state index in [1.54, 1.807) is 60.7 Å². The molecule has 0 saturated carbocycles. The number of rotatable bonds is 11. The molecule has 0 aliphatic rings. The predicted octanol–water partition coefficient (Wildman–Crippen LogP) is 3.89. The second kappa shape index (κ2) is 13.4. The van der Waals surface area contributed by atoms with E-state index in [0.29, 0.717) is 34.8 Å². The van der Waals surface area contributed by atoms with Crippen LogP contribution in [0.1, 0.15) is 45.2 Å². The van der Waals surface area contributed by atoms with Gasteiger partial charge in [-0.25, -0.2) is 10.2 Å². The molecule has 3 aromatic rings. The molecule has 9 heteroatoms. The Morgan fingerprint density at radius 1 is 0.946 bits per heavy atom. The van der Waals surface area contributed by atoms with Crippen molar-refractivity contribution in [2.75, 3.05) is 20.3 Å². The fraction of sp³-hybridized carbons (Fsp3) is 0.214. The standard InChI is InChI=1S/C28H29N3O6/c1-4-14-36-23-11-9-21(10-12-23)28(34)37-24-13-8-20(16-25(24)35-3)17-30-31-26(32)18-29-27(33)22-7-5-6-19(2)15-22/h5-13,15-17H,4,14,18H2,1-3H3,(H,29,33)(H,31,32). The van der Waals surface area contributed by atoms with Gasteiger partial charge in [0.05, 0.1) is 32.0 Å². The molecule has 0 bridgehead atoms. The van der Waals surface area contributed by atoms with Gasteiger partial charge in [-0.1, -0.05) is 24.6 Å². The number of hydrogen-bond donors (Lipinski definition) is 2. The number of hydrogen-bond acceptors (Lipinski definition) is 7. The largest absolute Gasteiger partial charge is 0.494 e. The first kappa shape index (κ1) is 26.9. The van der Waals surface area contributed by atoms with E-state index < -0.39 is 11.9 Å². The van der Waals surface area contributed by atoms with E-state index in [-0.39, 0.29) is 18.2 Å². The van der Waals surface area contributed by atoms with E-state index >= 15 is 0 Å². The van der Waals surface area contributed by atoms with Crippen LogP contribution in [0.5, 0.6) is 17.2 Å². The highest BCUT2D eigenvalue weighted by molar-refractivity contribution is 5.96. The molecule has 0 unspecified atom stereocenters. The molecule has 0 aliphatic heterocycles. The van der Waals surface area contributed by atoms with E-state index in [4.69, 9.17) is 14.2 Å². The first-order chi connectivity index (χ1) is 17.9. The monoisotopic (exact) mass is 503 g/mol. The number of carbonyl (C=O) groups is 3. The lowest BCUT2D eigenvalue weighted by Gasteiger charge is -2.10. The summed E-state index contributed by atoms with van der Waals surface area (Å²) in [5, 5.41) is 6.44. The Hall–Kier alpha value is -4.66. The van der Waals surface area contributed by atoms with Crippen LogP contribution in [-0.2, 0) is 4.79 Å². The molecule has 2 N–H and O–H groups in total. The van der Waals surface area contributed by atoms with Crippen molar-refractivity contribution in [3.63, 3.8) is 0 Å². The van der Waals surface area contributed by atoms with Crippen molar-refractivity contribution in [3.05, 3.63) is 89.0 Å². The highest BCUT2D eigenvalue weighted by Crippen LogP contribution is 2.28. The molecule has 0 radical (unpaired) electrons. The molecule has 0 heterocycles. The van der Waals surface area contributed by atoms with Crippen molar-refractivity contribution < 1.29 is 28.6 Å². The van der Waals surface area contributed by atoms with Gasteiger partial charge in [-0.15, -0.1) is 0 Å². The summed E-state index contributed by atoms with van der Waals surface area (Å²) in [4.78, 5) is 36.7. The predicted molar refractivity (Wildman–Crippen MR) is 139 cm³/mol. The fourth-order valence-electron chi connectivity index (χ4n) is 3.18. The van der Waals surface area contributed by atoms with Crippen LogP contribution in [0.2, 0.25) is 0 Å². The number of esters is 1. The Morgan fingerprint density at radius 2 is 1.73 bits per heavy atom. The van der Waals surface area contributed by atoms with E-state index in [2.05, 4.69) is 15.8 Å². The normalized spacial score (nSPS) is 10.6. The molecular formula is C28H29N3O6. The second-order valence-corrected chi connectivity index (χ2v) is 8.02. The van der Waals surface area contributed by atoms with Crippen LogP contribution >= 0.6 is 0 Å². The van der Waals surface area contributed by atoms with Gasteiger partial charge in [0.15, 0.2) is 11.5 Å². The summed E-state index contributed by atoms with van der Waals surface area (Å²) < 4.78 is 16.3. The number of methoxy groups -OCH3 is 1. The molecule has 9 nitrogen and oxygen atoms in total. The van der Waals surface area contributed by atoms with Crippen LogP contribution in [0, 0.1) is 6.92 Å². The average Bonchev–Trinajstić information content (AvgIpc) is 2.91. The van der Waals surface area contributed by atoms with Crippen LogP contribution in [0.15, 0.2) is 71.8 Å². The number of carbonyl (C=O) groups excluding carboxylic acids is 3. The molecule has 0 atom stereocenters. The van der Waals surface area contributed by atoms with Gasteiger partial charge in [0.2, 0.25) is 0 Å². The zero-order valence-electron chi connectivity index (χ0n) is 20.9. The van der Waals surface area contributed by atoms with Gasteiger partial charge in [-0.05, 0) is 73.5 Å². The Bertz CT molecular complexity index is 1270. The third-order valence-electron chi connectivity index (χ3n) is 5.05. The van der Waals surface area contributed by atoms with Gasteiger partial charge in [-0.3, -0.25) is 9.59 Å². The Morgan fingerprint density at radius 3 is 2.43 bits per heavy atom. The lowest BCUT2D eigenvalue weighted by atomic mass is 10.1. The maximum Gasteiger partial charge on any atom is 0.343 e. The molecule has 2 amide bonds. The van der Waals surface area contributed by atoms with E-state index in [9.17, 15) is 14.4 Å². The number of amides is 2. The van der Waals surface area contributed by atoms with Gasteiger partial charge in [0, 0.05) is 5.56 Å². The highest BCUT2D eigenvalue weighted by Gasteiger charge is 2.13. The maximum atomic E-state index is 12.5. The zero-order chi connectivity index (χ0) is 26.6. The molecule has 37 heavy (non-hydrogen) atoms. The SMILES string of the molecule is CCCOc1ccc(C(=O)Oc2ccc(C=NNC(=O)CNC(=O)c3cccc(C)c3)cc2OC)cc1. The van der Waals surface area contributed by atoms with Crippen LogP contribution in [-0.4, -0.2) is 44.3 Å². The van der Waals surface area contributed by atoms with Gasteiger partial charge in [0.25, 0.3) is 11.8 Å². The topological polar surface area (TPSA) is 115 Å². The van der Waals surface area contributed by atoms with Crippen molar-refractivity contribution in [1.29, 1.82) is 0 Å². The highest BCUT2D eigenvalue weighted by atomic mass is 16.6.